The van der Waals surface area contributed by atoms with Gasteiger partial charge in [0.25, 0.3) is 0 Å². The Labute approximate surface area is 117 Å². The Morgan fingerprint density at radius 2 is 2.15 bits per heavy atom. The highest BCUT2D eigenvalue weighted by Crippen LogP contribution is 2.28. The fourth-order valence-electron chi connectivity index (χ4n) is 3.08. The maximum atomic E-state index is 12.3. The normalized spacial score (nSPS) is 24.1. The third kappa shape index (κ3) is 2.47. The van der Waals surface area contributed by atoms with Crippen LogP contribution < -0.4 is 5.32 Å². The van der Waals surface area contributed by atoms with Crippen LogP contribution in [0.15, 0.2) is 10.6 Å². The van der Waals surface area contributed by atoms with Crippen LogP contribution in [0.5, 0.6) is 0 Å². The molecule has 6 nitrogen and oxygen atoms in total. The van der Waals surface area contributed by atoms with Crippen LogP contribution in [0.3, 0.4) is 0 Å². The zero-order chi connectivity index (χ0) is 14.1. The largest absolute Gasteiger partial charge is 0.360 e. The fraction of sp³-hybridized carbons (Fsp3) is 0.643. The number of hydrogen-bond donors (Lipinski definition) is 1. The summed E-state index contributed by atoms with van der Waals surface area (Å²) in [6, 6.07) is 1.52. The number of rotatable bonds is 4. The maximum Gasteiger partial charge on any atom is 0.247 e. The van der Waals surface area contributed by atoms with Gasteiger partial charge >= 0.3 is 0 Å². The molecule has 6 heteroatoms. The Hall–Kier alpha value is -1.69. The molecule has 1 atom stereocenters. The summed E-state index contributed by atoms with van der Waals surface area (Å²) in [6.07, 6.45) is 4.37. The summed E-state index contributed by atoms with van der Waals surface area (Å²) in [5.41, 5.74) is 0.809. The standard InChI is InChI=1S/C14H19N3O3/c1-9-6-11(20-16-9)8-15-12-7-13(18)17(14(12)19)10-4-2-3-5-10/h6,10,12,15H,2-5,7-8H2,1H3. The Balaban J connectivity index is 1.60. The third-order valence-electron chi connectivity index (χ3n) is 4.07. The second-order valence-corrected chi connectivity index (χ2v) is 5.61. The summed E-state index contributed by atoms with van der Waals surface area (Å²) in [5.74, 6) is 0.549. The van der Waals surface area contributed by atoms with Gasteiger partial charge < -0.3 is 4.52 Å². The molecule has 1 aliphatic heterocycles. The molecular weight excluding hydrogens is 258 g/mol. The van der Waals surface area contributed by atoms with Crippen LogP contribution >= 0.6 is 0 Å². The molecule has 1 unspecified atom stereocenters. The predicted molar refractivity (Wildman–Crippen MR) is 70.6 cm³/mol. The van der Waals surface area contributed by atoms with E-state index >= 15 is 0 Å². The molecule has 0 spiro atoms. The first-order valence-electron chi connectivity index (χ1n) is 7.16. The van der Waals surface area contributed by atoms with Gasteiger partial charge in [-0.3, -0.25) is 19.8 Å². The first-order chi connectivity index (χ1) is 9.65. The number of nitrogens with zero attached hydrogens (tertiary/aromatic N) is 2. The van der Waals surface area contributed by atoms with Gasteiger partial charge in [-0.15, -0.1) is 0 Å². The topological polar surface area (TPSA) is 75.4 Å². The van der Waals surface area contributed by atoms with Gasteiger partial charge in [0.2, 0.25) is 11.8 Å². The first-order valence-corrected chi connectivity index (χ1v) is 7.16. The van der Waals surface area contributed by atoms with Gasteiger partial charge in [-0.25, -0.2) is 0 Å². The average Bonchev–Trinajstić information content (AvgIpc) is 3.10. The van der Waals surface area contributed by atoms with E-state index < -0.39 is 6.04 Å². The molecule has 1 saturated heterocycles. The zero-order valence-electron chi connectivity index (χ0n) is 11.6. The lowest BCUT2D eigenvalue weighted by molar-refractivity contribution is -0.141. The van der Waals surface area contributed by atoms with Crippen molar-refractivity contribution in [2.75, 3.05) is 0 Å². The second kappa shape index (κ2) is 5.36. The van der Waals surface area contributed by atoms with E-state index in [1.54, 1.807) is 0 Å². The van der Waals surface area contributed by atoms with Crippen molar-refractivity contribution in [3.05, 3.63) is 17.5 Å². The molecule has 2 heterocycles. The van der Waals surface area contributed by atoms with Crippen molar-refractivity contribution in [2.24, 2.45) is 0 Å². The Kier molecular flexibility index (Phi) is 3.56. The van der Waals surface area contributed by atoms with Crippen molar-refractivity contribution in [1.29, 1.82) is 0 Å². The summed E-state index contributed by atoms with van der Waals surface area (Å²) < 4.78 is 5.09. The molecule has 2 aliphatic rings. The van der Waals surface area contributed by atoms with Gasteiger partial charge in [0.15, 0.2) is 5.76 Å². The van der Waals surface area contributed by atoms with Gasteiger partial charge in [-0.05, 0) is 19.8 Å². The monoisotopic (exact) mass is 277 g/mol. The van der Waals surface area contributed by atoms with Crippen LogP contribution in [-0.2, 0) is 16.1 Å². The van der Waals surface area contributed by atoms with Crippen LogP contribution in [0.25, 0.3) is 0 Å². The molecule has 1 saturated carbocycles. The highest BCUT2D eigenvalue weighted by molar-refractivity contribution is 6.05. The van der Waals surface area contributed by atoms with Crippen LogP contribution in [-0.4, -0.2) is 34.0 Å². The summed E-state index contributed by atoms with van der Waals surface area (Å²) in [4.78, 5) is 25.8. The number of imide groups is 1. The average molecular weight is 277 g/mol. The van der Waals surface area contributed by atoms with Crippen molar-refractivity contribution < 1.29 is 14.1 Å². The first kappa shape index (κ1) is 13.3. The smallest absolute Gasteiger partial charge is 0.247 e. The van der Waals surface area contributed by atoms with E-state index in [1.807, 2.05) is 13.0 Å². The molecule has 0 aromatic carbocycles. The van der Waals surface area contributed by atoms with E-state index in [0.29, 0.717) is 12.3 Å². The molecule has 1 aromatic rings. The van der Waals surface area contributed by atoms with E-state index in [4.69, 9.17) is 4.52 Å². The highest BCUT2D eigenvalue weighted by atomic mass is 16.5. The van der Waals surface area contributed by atoms with E-state index in [-0.39, 0.29) is 24.3 Å². The molecule has 1 aromatic heterocycles. The van der Waals surface area contributed by atoms with E-state index in [9.17, 15) is 9.59 Å². The van der Waals surface area contributed by atoms with Crippen LogP contribution in [0.1, 0.15) is 43.6 Å². The Morgan fingerprint density at radius 1 is 1.40 bits per heavy atom. The molecule has 3 rings (SSSR count). The molecule has 108 valence electrons. The van der Waals surface area contributed by atoms with Gasteiger partial charge in [0.1, 0.15) is 0 Å². The summed E-state index contributed by atoms with van der Waals surface area (Å²) in [5, 5.41) is 6.90. The molecule has 0 bridgehead atoms. The Bertz CT molecular complexity index is 519. The van der Waals surface area contributed by atoms with Crippen molar-refractivity contribution in [2.45, 2.75) is 57.7 Å². The summed E-state index contributed by atoms with van der Waals surface area (Å²) in [7, 11) is 0. The number of likely N-dealkylation sites (tertiary alicyclic amines) is 1. The van der Waals surface area contributed by atoms with Gasteiger partial charge in [-0.2, -0.15) is 0 Å². The zero-order valence-corrected chi connectivity index (χ0v) is 11.6. The lowest BCUT2D eigenvalue weighted by Gasteiger charge is -2.22. The van der Waals surface area contributed by atoms with Crippen molar-refractivity contribution in [3.8, 4) is 0 Å². The third-order valence-corrected chi connectivity index (χ3v) is 4.07. The van der Waals surface area contributed by atoms with Crippen molar-refractivity contribution >= 4 is 11.8 Å². The van der Waals surface area contributed by atoms with E-state index in [1.165, 1.54) is 4.90 Å². The lowest BCUT2D eigenvalue weighted by Crippen LogP contribution is -2.42. The molecule has 20 heavy (non-hydrogen) atoms. The van der Waals surface area contributed by atoms with E-state index in [2.05, 4.69) is 10.5 Å². The minimum atomic E-state index is -0.423. The van der Waals surface area contributed by atoms with Gasteiger partial charge in [-0.1, -0.05) is 18.0 Å². The molecule has 2 amide bonds. The number of carbonyl (C=O) groups excluding carboxylic acids is 2. The molecular formula is C14H19N3O3. The number of aryl methyl sites for hydroxylation is 1. The number of carbonyl (C=O) groups is 2. The van der Waals surface area contributed by atoms with Crippen molar-refractivity contribution in [1.82, 2.24) is 15.4 Å². The van der Waals surface area contributed by atoms with Crippen molar-refractivity contribution in [3.63, 3.8) is 0 Å². The lowest BCUT2D eigenvalue weighted by atomic mass is 10.2. The van der Waals surface area contributed by atoms with Gasteiger partial charge in [0, 0.05) is 12.1 Å². The Morgan fingerprint density at radius 3 is 2.80 bits per heavy atom. The number of aromatic nitrogens is 1. The van der Waals surface area contributed by atoms with Crippen LogP contribution in [0, 0.1) is 6.92 Å². The SMILES string of the molecule is Cc1cc(CNC2CC(=O)N(C3CCCC3)C2=O)on1. The summed E-state index contributed by atoms with van der Waals surface area (Å²) >= 11 is 0. The second-order valence-electron chi connectivity index (χ2n) is 5.61. The van der Waals surface area contributed by atoms with Crippen LogP contribution in [0.4, 0.5) is 0 Å². The number of nitrogens with one attached hydrogen (secondary N) is 1. The highest BCUT2D eigenvalue weighted by Gasteiger charge is 2.42. The molecule has 1 aliphatic carbocycles. The molecule has 2 fully saturated rings. The predicted octanol–water partition coefficient (Wildman–Crippen LogP) is 1.14. The van der Waals surface area contributed by atoms with Crippen LogP contribution in [0.2, 0.25) is 0 Å². The van der Waals surface area contributed by atoms with E-state index in [0.717, 1.165) is 31.4 Å². The molecule has 0 radical (unpaired) electrons. The number of amides is 2. The fourth-order valence-corrected chi connectivity index (χ4v) is 3.08. The summed E-state index contributed by atoms with van der Waals surface area (Å²) in [6.45, 7) is 2.27. The quantitative estimate of drug-likeness (QED) is 0.835. The maximum absolute atomic E-state index is 12.3. The minimum absolute atomic E-state index is 0.0480. The minimum Gasteiger partial charge on any atom is -0.360 e. The molecule has 1 N–H and O–H groups in total. The number of hydrogen-bond acceptors (Lipinski definition) is 5. The van der Waals surface area contributed by atoms with Gasteiger partial charge in [0.05, 0.1) is 24.7 Å².